The van der Waals surface area contributed by atoms with Gasteiger partial charge < -0.3 is 8.83 Å². The van der Waals surface area contributed by atoms with Gasteiger partial charge in [-0.05, 0) is 52.6 Å². The van der Waals surface area contributed by atoms with E-state index in [9.17, 15) is 0 Å². The van der Waals surface area contributed by atoms with E-state index in [0.717, 1.165) is 82.7 Å². The predicted octanol–water partition coefficient (Wildman–Crippen LogP) is 11.6. The average molecular weight is 589 g/mol. The maximum absolute atomic E-state index is 6.55. The molecule has 10 rings (SSSR count). The van der Waals surface area contributed by atoms with Gasteiger partial charge in [0.15, 0.2) is 5.82 Å². The molecule has 4 nitrogen and oxygen atoms in total. The highest BCUT2D eigenvalue weighted by atomic mass is 16.3. The number of hydrogen-bond donors (Lipinski definition) is 0. The molecule has 7 aromatic carbocycles. The van der Waals surface area contributed by atoms with E-state index in [0.29, 0.717) is 5.82 Å². The molecule has 0 bridgehead atoms. The highest BCUT2D eigenvalue weighted by molar-refractivity contribution is 6.19. The first kappa shape index (κ1) is 25.1. The summed E-state index contributed by atoms with van der Waals surface area (Å²) < 4.78 is 12.8. The number of nitrogens with zero attached hydrogens (tertiary/aromatic N) is 2. The number of benzene rings is 7. The Morgan fingerprint density at radius 2 is 1.04 bits per heavy atom. The molecule has 0 atom stereocenters. The van der Waals surface area contributed by atoms with E-state index in [1.54, 1.807) is 0 Å². The highest BCUT2D eigenvalue weighted by Gasteiger charge is 2.20. The topological polar surface area (TPSA) is 52.1 Å². The molecule has 0 radical (unpaired) electrons. The van der Waals surface area contributed by atoms with E-state index in [4.69, 9.17) is 18.8 Å². The number of furan rings is 2. The monoisotopic (exact) mass is 588 g/mol. The van der Waals surface area contributed by atoms with E-state index in [1.807, 2.05) is 42.5 Å². The van der Waals surface area contributed by atoms with Crippen LogP contribution in [0.15, 0.2) is 154 Å². The lowest BCUT2D eigenvalue weighted by Gasteiger charge is -2.11. The fraction of sp³-hybridized carbons (Fsp3) is 0. The van der Waals surface area contributed by atoms with E-state index in [2.05, 4.69) is 103 Å². The Labute approximate surface area is 263 Å². The molecule has 214 valence electrons. The zero-order valence-electron chi connectivity index (χ0n) is 24.6. The molecule has 0 aliphatic rings. The van der Waals surface area contributed by atoms with Gasteiger partial charge in [-0.15, -0.1) is 0 Å². The van der Waals surface area contributed by atoms with Crippen LogP contribution in [-0.2, 0) is 0 Å². The maximum atomic E-state index is 6.55. The molecule has 0 spiro atoms. The maximum Gasteiger partial charge on any atom is 0.161 e. The van der Waals surface area contributed by atoms with Gasteiger partial charge in [-0.3, -0.25) is 0 Å². The van der Waals surface area contributed by atoms with Crippen LogP contribution in [0.4, 0.5) is 0 Å². The molecule has 46 heavy (non-hydrogen) atoms. The van der Waals surface area contributed by atoms with Crippen molar-refractivity contribution >= 4 is 65.4 Å². The molecule has 4 heteroatoms. The lowest BCUT2D eigenvalue weighted by Crippen LogP contribution is -1.96. The number of rotatable bonds is 3. The molecule has 3 aromatic heterocycles. The van der Waals surface area contributed by atoms with Crippen LogP contribution in [0.1, 0.15) is 0 Å². The Morgan fingerprint density at radius 1 is 0.391 bits per heavy atom. The van der Waals surface area contributed by atoms with Gasteiger partial charge in [0, 0.05) is 43.6 Å². The van der Waals surface area contributed by atoms with E-state index < -0.39 is 0 Å². The summed E-state index contributed by atoms with van der Waals surface area (Å²) in [6.45, 7) is 0. The minimum absolute atomic E-state index is 0.646. The van der Waals surface area contributed by atoms with E-state index in [1.165, 1.54) is 10.8 Å². The fourth-order valence-electron chi connectivity index (χ4n) is 6.93. The Hall–Kier alpha value is -6.26. The second-order valence-corrected chi connectivity index (χ2v) is 11.7. The molecule has 0 amide bonds. The van der Waals surface area contributed by atoms with Crippen LogP contribution >= 0.6 is 0 Å². The van der Waals surface area contributed by atoms with Crippen LogP contribution in [-0.4, -0.2) is 9.97 Å². The molecule has 0 saturated heterocycles. The molecule has 0 fully saturated rings. The van der Waals surface area contributed by atoms with Crippen LogP contribution < -0.4 is 0 Å². The number of para-hydroxylation sites is 1. The SMILES string of the molecule is c1ccc2cc(-c3cc(-c4cccc5oc6c7ccccc7ccc6c45)nc(-c4cccc5oc6ccccc6c45)n3)ccc2c1. The smallest absolute Gasteiger partial charge is 0.161 e. The number of hydrogen-bond acceptors (Lipinski definition) is 4. The Morgan fingerprint density at radius 3 is 1.93 bits per heavy atom. The quantitative estimate of drug-likeness (QED) is 0.206. The van der Waals surface area contributed by atoms with Gasteiger partial charge in [-0.25, -0.2) is 9.97 Å². The molecular weight excluding hydrogens is 564 g/mol. The summed E-state index contributed by atoms with van der Waals surface area (Å²) in [5.74, 6) is 0.646. The molecule has 3 heterocycles. The van der Waals surface area contributed by atoms with Crippen LogP contribution in [0.3, 0.4) is 0 Å². The van der Waals surface area contributed by atoms with E-state index in [-0.39, 0.29) is 0 Å². The predicted molar refractivity (Wildman–Crippen MR) is 188 cm³/mol. The van der Waals surface area contributed by atoms with Crippen molar-refractivity contribution in [1.82, 2.24) is 9.97 Å². The van der Waals surface area contributed by atoms with Crippen LogP contribution in [0, 0.1) is 0 Å². The fourth-order valence-corrected chi connectivity index (χ4v) is 6.93. The normalized spacial score (nSPS) is 11.9. The number of fused-ring (bicyclic) bond motifs is 9. The summed E-state index contributed by atoms with van der Waals surface area (Å²) in [5.41, 5.74) is 8.03. The van der Waals surface area contributed by atoms with Crippen molar-refractivity contribution in [2.24, 2.45) is 0 Å². The molecule has 0 unspecified atom stereocenters. The van der Waals surface area contributed by atoms with Gasteiger partial charge in [-0.2, -0.15) is 0 Å². The summed E-state index contributed by atoms with van der Waals surface area (Å²) in [4.78, 5) is 10.5. The molecule has 10 aromatic rings. The molecule has 0 aliphatic heterocycles. The van der Waals surface area contributed by atoms with Crippen molar-refractivity contribution in [3.05, 3.63) is 146 Å². The van der Waals surface area contributed by atoms with Gasteiger partial charge in [0.05, 0.1) is 11.4 Å². The van der Waals surface area contributed by atoms with Crippen molar-refractivity contribution < 1.29 is 8.83 Å². The van der Waals surface area contributed by atoms with Gasteiger partial charge in [0.25, 0.3) is 0 Å². The summed E-state index contributed by atoms with van der Waals surface area (Å²) >= 11 is 0. The van der Waals surface area contributed by atoms with Gasteiger partial charge in [0.1, 0.15) is 22.3 Å². The largest absolute Gasteiger partial charge is 0.456 e. The molecule has 0 saturated carbocycles. The Balaban J connectivity index is 1.28. The number of aromatic nitrogens is 2. The van der Waals surface area contributed by atoms with Crippen molar-refractivity contribution in [2.75, 3.05) is 0 Å². The van der Waals surface area contributed by atoms with Crippen molar-refractivity contribution in [1.29, 1.82) is 0 Å². The van der Waals surface area contributed by atoms with Crippen LogP contribution in [0.2, 0.25) is 0 Å². The molecular formula is C42H24N2O2. The standard InChI is InChI=1S/C42H24N2O2/c1-2-11-27-23-28(20-19-25(27)9-1)34-24-35(44-42(43-34)33-15-8-17-37-40(33)31-13-5-6-16-36(31)45-37)30-14-7-18-38-39(30)32-22-21-26-10-3-4-12-29(26)41(32)46-38/h1-24H. The highest BCUT2D eigenvalue weighted by Crippen LogP contribution is 2.41. The lowest BCUT2D eigenvalue weighted by atomic mass is 9.99. The van der Waals surface area contributed by atoms with Crippen molar-refractivity contribution in [3.63, 3.8) is 0 Å². The molecule has 0 N–H and O–H groups in total. The van der Waals surface area contributed by atoms with E-state index >= 15 is 0 Å². The van der Waals surface area contributed by atoms with Crippen molar-refractivity contribution in [2.45, 2.75) is 0 Å². The summed E-state index contributed by atoms with van der Waals surface area (Å²) in [6, 6.07) is 50.2. The second-order valence-electron chi connectivity index (χ2n) is 11.7. The third-order valence-corrected chi connectivity index (χ3v) is 9.08. The second kappa shape index (κ2) is 9.62. The minimum atomic E-state index is 0.646. The van der Waals surface area contributed by atoms with Crippen molar-refractivity contribution in [3.8, 4) is 33.9 Å². The summed E-state index contributed by atoms with van der Waals surface area (Å²) in [5, 5.41) is 8.78. The van der Waals surface area contributed by atoms with Crippen LogP contribution in [0.25, 0.3) is 99.3 Å². The van der Waals surface area contributed by atoms with Crippen LogP contribution in [0.5, 0.6) is 0 Å². The minimum Gasteiger partial charge on any atom is -0.456 e. The zero-order valence-corrected chi connectivity index (χ0v) is 24.6. The first-order chi connectivity index (χ1) is 22.8. The summed E-state index contributed by atoms with van der Waals surface area (Å²) in [6.07, 6.45) is 0. The third kappa shape index (κ3) is 3.74. The first-order valence-electron chi connectivity index (χ1n) is 15.4. The van der Waals surface area contributed by atoms with Gasteiger partial charge in [-0.1, -0.05) is 109 Å². The van der Waals surface area contributed by atoms with Gasteiger partial charge >= 0.3 is 0 Å². The summed E-state index contributed by atoms with van der Waals surface area (Å²) in [7, 11) is 0. The average Bonchev–Trinajstić information content (AvgIpc) is 3.70. The Kier molecular flexibility index (Phi) is 5.25. The first-order valence-corrected chi connectivity index (χ1v) is 15.4. The molecule has 0 aliphatic carbocycles. The zero-order chi connectivity index (χ0) is 30.2. The Bertz CT molecular complexity index is 2820. The third-order valence-electron chi connectivity index (χ3n) is 9.08. The lowest BCUT2D eigenvalue weighted by molar-refractivity contribution is 0.669. The van der Waals surface area contributed by atoms with Gasteiger partial charge in [0.2, 0.25) is 0 Å².